The first kappa shape index (κ1) is 19.9. The number of hydrogen-bond donors (Lipinski definition) is 2. The van der Waals surface area contributed by atoms with Crippen LogP contribution >= 0.6 is 11.8 Å². The molecule has 0 aliphatic rings. The van der Waals surface area contributed by atoms with Crippen molar-refractivity contribution in [3.63, 3.8) is 0 Å². The molecule has 2 aromatic carbocycles. The highest BCUT2D eigenvalue weighted by Gasteiger charge is 2.21. The van der Waals surface area contributed by atoms with E-state index in [9.17, 15) is 9.59 Å². The molecule has 0 bridgehead atoms. The molecule has 0 radical (unpaired) electrons. The number of imidazole rings is 1. The molecule has 0 unspecified atom stereocenters. The van der Waals surface area contributed by atoms with Gasteiger partial charge in [-0.2, -0.15) is 0 Å². The zero-order valence-corrected chi connectivity index (χ0v) is 17.1. The molecule has 0 atom stereocenters. The first-order valence-corrected chi connectivity index (χ1v) is 9.86. The quantitative estimate of drug-likeness (QED) is 0.471. The molecular weight excluding hydrogens is 374 g/mol. The molecular formula is C21H23N3O3S. The van der Waals surface area contributed by atoms with E-state index in [1.807, 2.05) is 39.0 Å². The van der Waals surface area contributed by atoms with Crippen molar-refractivity contribution in [2.75, 3.05) is 18.2 Å². The van der Waals surface area contributed by atoms with Gasteiger partial charge in [0.2, 0.25) is 5.91 Å². The van der Waals surface area contributed by atoms with Gasteiger partial charge in [0.25, 0.3) is 0 Å². The van der Waals surface area contributed by atoms with Crippen molar-refractivity contribution >= 4 is 40.2 Å². The summed E-state index contributed by atoms with van der Waals surface area (Å²) in [6.45, 7) is 5.56. The number of ketones is 1. The molecule has 146 valence electrons. The largest absolute Gasteiger partial charge is 0.497 e. The van der Waals surface area contributed by atoms with E-state index >= 15 is 0 Å². The smallest absolute Gasteiger partial charge is 0.229 e. The fourth-order valence-corrected chi connectivity index (χ4v) is 3.22. The van der Waals surface area contributed by atoms with Crippen LogP contribution in [0.2, 0.25) is 0 Å². The summed E-state index contributed by atoms with van der Waals surface area (Å²) in [4.78, 5) is 32.2. The second kappa shape index (κ2) is 8.06. The Labute approximate surface area is 168 Å². The second-order valence-corrected chi connectivity index (χ2v) is 8.38. The third kappa shape index (κ3) is 4.72. The number of amides is 1. The summed E-state index contributed by atoms with van der Waals surface area (Å²) in [6.07, 6.45) is 0. The summed E-state index contributed by atoms with van der Waals surface area (Å²) in [5.41, 5.74) is 2.50. The van der Waals surface area contributed by atoms with Crippen molar-refractivity contribution in [1.82, 2.24) is 9.97 Å². The van der Waals surface area contributed by atoms with E-state index in [0.29, 0.717) is 16.4 Å². The monoisotopic (exact) mass is 397 g/mol. The molecule has 0 saturated heterocycles. The van der Waals surface area contributed by atoms with Gasteiger partial charge in [0.05, 0.1) is 23.9 Å². The normalized spacial score (nSPS) is 11.4. The summed E-state index contributed by atoms with van der Waals surface area (Å²) in [5, 5.41) is 3.54. The predicted octanol–water partition coefficient (Wildman–Crippen LogP) is 4.53. The van der Waals surface area contributed by atoms with Gasteiger partial charge >= 0.3 is 0 Å². The number of rotatable bonds is 6. The number of anilines is 1. The Morgan fingerprint density at radius 1 is 1.14 bits per heavy atom. The Hall–Kier alpha value is -2.80. The number of fused-ring (bicyclic) bond motifs is 1. The maximum absolute atomic E-state index is 12.5. The minimum atomic E-state index is -0.471. The maximum Gasteiger partial charge on any atom is 0.229 e. The van der Waals surface area contributed by atoms with Crippen LogP contribution < -0.4 is 10.1 Å². The zero-order chi connectivity index (χ0) is 20.3. The topological polar surface area (TPSA) is 84.1 Å². The standard InChI is InChI=1S/C21H23N3O3S/c1-21(2,3)19(26)22-14-7-5-13(6-8-14)18(25)12-28-20-23-16-10-9-15(27-4)11-17(16)24-20/h5-11H,12H2,1-4H3,(H,22,26)(H,23,24). The summed E-state index contributed by atoms with van der Waals surface area (Å²) in [6, 6.07) is 12.5. The van der Waals surface area contributed by atoms with Crippen molar-refractivity contribution < 1.29 is 14.3 Å². The molecule has 0 saturated carbocycles. The highest BCUT2D eigenvalue weighted by atomic mass is 32.2. The number of hydrogen-bond acceptors (Lipinski definition) is 5. The lowest BCUT2D eigenvalue weighted by atomic mass is 9.95. The number of ether oxygens (including phenoxy) is 1. The lowest BCUT2D eigenvalue weighted by molar-refractivity contribution is -0.123. The predicted molar refractivity (Wildman–Crippen MR) is 112 cm³/mol. The molecule has 6 nitrogen and oxygen atoms in total. The van der Waals surface area contributed by atoms with Crippen LogP contribution in [0, 0.1) is 5.41 Å². The summed E-state index contributed by atoms with van der Waals surface area (Å²) in [7, 11) is 1.62. The molecule has 1 heterocycles. The maximum atomic E-state index is 12.5. The van der Waals surface area contributed by atoms with Gasteiger partial charge in [0.1, 0.15) is 5.75 Å². The molecule has 1 aromatic heterocycles. The van der Waals surface area contributed by atoms with Crippen molar-refractivity contribution in [2.24, 2.45) is 5.41 Å². The number of nitrogens with zero attached hydrogens (tertiary/aromatic N) is 1. The van der Waals surface area contributed by atoms with E-state index in [0.717, 1.165) is 16.8 Å². The van der Waals surface area contributed by atoms with Crippen LogP contribution in [0.1, 0.15) is 31.1 Å². The molecule has 1 amide bonds. The Balaban J connectivity index is 1.61. The van der Waals surface area contributed by atoms with Gasteiger partial charge < -0.3 is 15.0 Å². The van der Waals surface area contributed by atoms with Crippen molar-refractivity contribution in [1.29, 1.82) is 0 Å². The van der Waals surface area contributed by atoms with Gasteiger partial charge in [0.15, 0.2) is 10.9 Å². The summed E-state index contributed by atoms with van der Waals surface area (Å²) >= 11 is 1.35. The Morgan fingerprint density at radius 3 is 2.50 bits per heavy atom. The van der Waals surface area contributed by atoms with Crippen LogP contribution in [-0.4, -0.2) is 34.5 Å². The highest BCUT2D eigenvalue weighted by molar-refractivity contribution is 7.99. The molecule has 0 aliphatic heterocycles. The molecule has 0 spiro atoms. The van der Waals surface area contributed by atoms with Crippen molar-refractivity contribution in [2.45, 2.75) is 25.9 Å². The number of nitrogens with one attached hydrogen (secondary N) is 2. The lowest BCUT2D eigenvalue weighted by Gasteiger charge is -2.17. The fourth-order valence-electron chi connectivity index (χ4n) is 2.44. The highest BCUT2D eigenvalue weighted by Crippen LogP contribution is 2.24. The van der Waals surface area contributed by atoms with Gasteiger partial charge in [0, 0.05) is 22.7 Å². The van der Waals surface area contributed by atoms with Gasteiger partial charge in [-0.05, 0) is 36.4 Å². The third-order valence-electron chi connectivity index (χ3n) is 4.15. The second-order valence-electron chi connectivity index (χ2n) is 7.42. The van der Waals surface area contributed by atoms with Crippen LogP contribution in [-0.2, 0) is 4.79 Å². The number of Topliss-reactive ketones (excluding diaryl/α,β-unsaturated/α-hetero) is 1. The SMILES string of the molecule is COc1ccc2nc(SCC(=O)c3ccc(NC(=O)C(C)(C)C)cc3)[nH]c2c1. The van der Waals surface area contributed by atoms with E-state index in [1.165, 1.54) is 11.8 Å². The number of benzene rings is 2. The van der Waals surface area contributed by atoms with Crippen molar-refractivity contribution in [3.8, 4) is 5.75 Å². The molecule has 3 aromatic rings. The first-order chi connectivity index (χ1) is 13.3. The minimum absolute atomic E-state index is 0.00302. The van der Waals surface area contributed by atoms with Gasteiger partial charge in [-0.1, -0.05) is 32.5 Å². The van der Waals surface area contributed by atoms with Crippen molar-refractivity contribution in [3.05, 3.63) is 48.0 Å². The van der Waals surface area contributed by atoms with Gasteiger partial charge in [-0.15, -0.1) is 0 Å². The average Bonchev–Trinajstić information content (AvgIpc) is 3.07. The minimum Gasteiger partial charge on any atom is -0.497 e. The van der Waals surface area contributed by atoms with E-state index in [-0.39, 0.29) is 17.4 Å². The lowest BCUT2D eigenvalue weighted by Crippen LogP contribution is -2.27. The zero-order valence-electron chi connectivity index (χ0n) is 16.3. The number of thioether (sulfide) groups is 1. The van der Waals surface area contributed by atoms with Crippen LogP contribution in [0.25, 0.3) is 11.0 Å². The van der Waals surface area contributed by atoms with Crippen LogP contribution in [0.5, 0.6) is 5.75 Å². The van der Waals surface area contributed by atoms with Crippen LogP contribution in [0.4, 0.5) is 5.69 Å². The summed E-state index contributed by atoms with van der Waals surface area (Å²) < 4.78 is 5.20. The van der Waals surface area contributed by atoms with E-state index < -0.39 is 5.41 Å². The molecule has 0 fully saturated rings. The fraction of sp³-hybridized carbons (Fsp3) is 0.286. The summed E-state index contributed by atoms with van der Waals surface area (Å²) in [5.74, 6) is 0.952. The van der Waals surface area contributed by atoms with E-state index in [1.54, 1.807) is 31.4 Å². The van der Waals surface area contributed by atoms with E-state index in [2.05, 4.69) is 15.3 Å². The number of methoxy groups -OCH3 is 1. The molecule has 0 aliphatic carbocycles. The first-order valence-electron chi connectivity index (χ1n) is 8.87. The van der Waals surface area contributed by atoms with E-state index in [4.69, 9.17) is 4.74 Å². The Morgan fingerprint density at radius 2 is 1.86 bits per heavy atom. The number of H-pyrrole nitrogens is 1. The molecule has 7 heteroatoms. The number of aromatic amines is 1. The number of carbonyl (C=O) groups is 2. The third-order valence-corrected chi connectivity index (χ3v) is 5.03. The number of aromatic nitrogens is 2. The average molecular weight is 398 g/mol. The van der Waals surface area contributed by atoms with Gasteiger partial charge in [-0.25, -0.2) is 4.98 Å². The molecule has 2 N–H and O–H groups in total. The number of carbonyl (C=O) groups excluding carboxylic acids is 2. The molecule has 3 rings (SSSR count). The Kier molecular flexibility index (Phi) is 5.74. The van der Waals surface area contributed by atoms with Gasteiger partial charge in [-0.3, -0.25) is 9.59 Å². The Bertz CT molecular complexity index is 1000. The van der Waals surface area contributed by atoms with Crippen LogP contribution in [0.15, 0.2) is 47.6 Å². The van der Waals surface area contributed by atoms with Crippen LogP contribution in [0.3, 0.4) is 0 Å². The molecule has 28 heavy (non-hydrogen) atoms.